The van der Waals surface area contributed by atoms with Crippen molar-refractivity contribution in [2.24, 2.45) is 0 Å². The second kappa shape index (κ2) is 6.75. The van der Waals surface area contributed by atoms with Crippen molar-refractivity contribution in [3.63, 3.8) is 0 Å². The van der Waals surface area contributed by atoms with Gasteiger partial charge in [0.2, 0.25) is 0 Å². The number of pyridine rings is 1. The summed E-state index contributed by atoms with van der Waals surface area (Å²) in [4.78, 5) is 16.1. The predicted octanol–water partition coefficient (Wildman–Crippen LogP) is 1.17. The normalized spacial score (nSPS) is 10.3. The number of anilines is 2. The maximum absolute atomic E-state index is 10.8. The topological polar surface area (TPSA) is 106 Å². The Morgan fingerprint density at radius 3 is 2.78 bits per heavy atom. The van der Waals surface area contributed by atoms with Crippen LogP contribution in [0.4, 0.5) is 17.3 Å². The molecule has 0 fully saturated rings. The number of unbranched alkanes of at least 4 members (excludes halogenated alkanes) is 1. The Morgan fingerprint density at radius 1 is 1.50 bits per heavy atom. The van der Waals surface area contributed by atoms with Gasteiger partial charge in [-0.3, -0.25) is 10.1 Å². The van der Waals surface area contributed by atoms with Crippen LogP contribution in [0.3, 0.4) is 0 Å². The molecule has 0 saturated carbocycles. The minimum atomic E-state index is -0.502. The Labute approximate surface area is 105 Å². The van der Waals surface area contributed by atoms with E-state index in [1.54, 1.807) is 4.90 Å². The fourth-order valence-electron chi connectivity index (χ4n) is 1.60. The van der Waals surface area contributed by atoms with Crippen LogP contribution >= 0.6 is 0 Å². The summed E-state index contributed by atoms with van der Waals surface area (Å²) in [6.07, 6.45) is 1.91. The zero-order chi connectivity index (χ0) is 13.5. The first-order valence-electron chi connectivity index (χ1n) is 5.86. The molecule has 0 amide bonds. The molecule has 0 aliphatic rings. The Kier molecular flexibility index (Phi) is 5.31. The summed E-state index contributed by atoms with van der Waals surface area (Å²) >= 11 is 0. The third-order valence-electron chi connectivity index (χ3n) is 2.50. The summed E-state index contributed by atoms with van der Waals surface area (Å²) < 4.78 is 0. The molecular formula is C11H18N4O3. The molecule has 0 atom stereocenters. The van der Waals surface area contributed by atoms with Gasteiger partial charge in [-0.05, 0) is 6.42 Å². The molecule has 18 heavy (non-hydrogen) atoms. The fraction of sp³-hybridized carbons (Fsp3) is 0.545. The first kappa shape index (κ1) is 14.2. The van der Waals surface area contributed by atoms with Gasteiger partial charge in [0.15, 0.2) is 0 Å². The Hall–Kier alpha value is -1.89. The van der Waals surface area contributed by atoms with Crippen molar-refractivity contribution in [3.05, 3.63) is 22.2 Å². The van der Waals surface area contributed by atoms with Crippen molar-refractivity contribution < 1.29 is 10.0 Å². The van der Waals surface area contributed by atoms with Gasteiger partial charge in [-0.1, -0.05) is 13.3 Å². The standard InChI is InChI=1S/C11H18N4O3/c1-2-3-4-14(5-6-16)11-8-9(15(17)18)7-10(12)13-11/h7-8,16H,2-6H2,1H3,(H2,12,13). The zero-order valence-electron chi connectivity index (χ0n) is 10.4. The molecular weight excluding hydrogens is 236 g/mol. The van der Waals surface area contributed by atoms with Crippen molar-refractivity contribution in [1.82, 2.24) is 4.98 Å². The lowest BCUT2D eigenvalue weighted by molar-refractivity contribution is -0.384. The molecule has 0 radical (unpaired) electrons. The number of aliphatic hydroxyl groups is 1. The van der Waals surface area contributed by atoms with Crippen molar-refractivity contribution in [2.45, 2.75) is 19.8 Å². The van der Waals surface area contributed by atoms with Gasteiger partial charge in [0, 0.05) is 13.1 Å². The van der Waals surface area contributed by atoms with E-state index in [0.29, 0.717) is 18.9 Å². The predicted molar refractivity (Wildman–Crippen MR) is 69.5 cm³/mol. The quantitative estimate of drug-likeness (QED) is 0.559. The monoisotopic (exact) mass is 254 g/mol. The van der Waals surface area contributed by atoms with E-state index in [4.69, 9.17) is 10.8 Å². The molecule has 1 aromatic rings. The van der Waals surface area contributed by atoms with E-state index in [0.717, 1.165) is 12.8 Å². The van der Waals surface area contributed by atoms with Crippen LogP contribution in [-0.2, 0) is 0 Å². The molecule has 0 aliphatic carbocycles. The number of aromatic nitrogens is 1. The van der Waals surface area contributed by atoms with E-state index in [1.807, 2.05) is 6.92 Å². The molecule has 0 saturated heterocycles. The Morgan fingerprint density at radius 2 is 2.22 bits per heavy atom. The summed E-state index contributed by atoms with van der Waals surface area (Å²) in [6.45, 7) is 3.08. The van der Waals surface area contributed by atoms with E-state index in [9.17, 15) is 10.1 Å². The molecule has 0 unspecified atom stereocenters. The van der Waals surface area contributed by atoms with Crippen molar-refractivity contribution in [1.29, 1.82) is 0 Å². The number of nitrogens with two attached hydrogens (primary N) is 1. The van der Waals surface area contributed by atoms with Crippen LogP contribution < -0.4 is 10.6 Å². The van der Waals surface area contributed by atoms with Crippen LogP contribution in [0.5, 0.6) is 0 Å². The van der Waals surface area contributed by atoms with Gasteiger partial charge >= 0.3 is 0 Å². The third kappa shape index (κ3) is 3.85. The zero-order valence-corrected chi connectivity index (χ0v) is 10.4. The van der Waals surface area contributed by atoms with Crippen LogP contribution in [0.2, 0.25) is 0 Å². The highest BCUT2D eigenvalue weighted by Crippen LogP contribution is 2.22. The van der Waals surface area contributed by atoms with Crippen LogP contribution in [-0.4, -0.2) is 34.7 Å². The summed E-state index contributed by atoms with van der Waals surface area (Å²) in [5.41, 5.74) is 5.47. The SMILES string of the molecule is CCCCN(CCO)c1cc([N+](=O)[O-])cc(N)n1. The maximum atomic E-state index is 10.8. The number of nitro groups is 1. The average molecular weight is 254 g/mol. The highest BCUT2D eigenvalue weighted by Gasteiger charge is 2.14. The number of nitrogen functional groups attached to an aromatic ring is 1. The molecule has 7 heteroatoms. The first-order chi connectivity index (χ1) is 8.58. The molecule has 1 heterocycles. The number of aliphatic hydroxyl groups excluding tert-OH is 1. The molecule has 0 bridgehead atoms. The molecule has 1 aromatic heterocycles. The first-order valence-corrected chi connectivity index (χ1v) is 5.86. The van der Waals surface area contributed by atoms with E-state index >= 15 is 0 Å². The van der Waals surface area contributed by atoms with Gasteiger partial charge in [0.25, 0.3) is 5.69 Å². The second-order valence-electron chi connectivity index (χ2n) is 3.93. The second-order valence-corrected chi connectivity index (χ2v) is 3.93. The maximum Gasteiger partial charge on any atom is 0.276 e. The molecule has 3 N–H and O–H groups in total. The minimum Gasteiger partial charge on any atom is -0.395 e. The lowest BCUT2D eigenvalue weighted by Crippen LogP contribution is -2.28. The van der Waals surface area contributed by atoms with Gasteiger partial charge in [-0.15, -0.1) is 0 Å². The number of rotatable bonds is 7. The van der Waals surface area contributed by atoms with Gasteiger partial charge < -0.3 is 15.7 Å². The molecule has 0 aromatic carbocycles. The highest BCUT2D eigenvalue weighted by atomic mass is 16.6. The number of hydrogen-bond acceptors (Lipinski definition) is 6. The van der Waals surface area contributed by atoms with E-state index < -0.39 is 4.92 Å². The lowest BCUT2D eigenvalue weighted by Gasteiger charge is -2.22. The van der Waals surface area contributed by atoms with Crippen LogP contribution in [0.1, 0.15) is 19.8 Å². The third-order valence-corrected chi connectivity index (χ3v) is 2.50. The van der Waals surface area contributed by atoms with E-state index in [-0.39, 0.29) is 18.1 Å². The molecule has 100 valence electrons. The van der Waals surface area contributed by atoms with Gasteiger partial charge in [0.1, 0.15) is 11.6 Å². The molecule has 1 rings (SSSR count). The van der Waals surface area contributed by atoms with Crippen LogP contribution in [0.25, 0.3) is 0 Å². The Balaban J connectivity index is 2.98. The molecule has 7 nitrogen and oxygen atoms in total. The average Bonchev–Trinajstić information content (AvgIpc) is 2.33. The molecule has 0 aliphatic heterocycles. The summed E-state index contributed by atoms with van der Waals surface area (Å²) in [7, 11) is 0. The molecule has 0 spiro atoms. The van der Waals surface area contributed by atoms with Crippen molar-refractivity contribution >= 4 is 17.3 Å². The summed E-state index contributed by atoms with van der Waals surface area (Å²) in [5, 5.41) is 19.8. The van der Waals surface area contributed by atoms with E-state index in [2.05, 4.69) is 4.98 Å². The van der Waals surface area contributed by atoms with Gasteiger partial charge in [-0.25, -0.2) is 4.98 Å². The summed E-state index contributed by atoms with van der Waals surface area (Å²) in [5.74, 6) is 0.544. The van der Waals surface area contributed by atoms with Crippen molar-refractivity contribution in [2.75, 3.05) is 30.3 Å². The largest absolute Gasteiger partial charge is 0.395 e. The highest BCUT2D eigenvalue weighted by molar-refractivity contribution is 5.54. The minimum absolute atomic E-state index is 0.0337. The van der Waals surface area contributed by atoms with Crippen LogP contribution in [0, 0.1) is 10.1 Å². The fourth-order valence-corrected chi connectivity index (χ4v) is 1.60. The van der Waals surface area contributed by atoms with Gasteiger partial charge in [-0.2, -0.15) is 0 Å². The smallest absolute Gasteiger partial charge is 0.276 e. The van der Waals surface area contributed by atoms with Crippen LogP contribution in [0.15, 0.2) is 12.1 Å². The van der Waals surface area contributed by atoms with E-state index in [1.165, 1.54) is 12.1 Å². The lowest BCUT2D eigenvalue weighted by atomic mass is 10.3. The van der Waals surface area contributed by atoms with Crippen molar-refractivity contribution in [3.8, 4) is 0 Å². The van der Waals surface area contributed by atoms with Gasteiger partial charge in [0.05, 0.1) is 23.7 Å². The number of hydrogen-bond donors (Lipinski definition) is 2. The number of nitrogens with zero attached hydrogens (tertiary/aromatic N) is 3. The Bertz CT molecular complexity index is 411. The summed E-state index contributed by atoms with van der Waals surface area (Å²) in [6, 6.07) is 2.60.